The Balaban J connectivity index is 1.50. The molecule has 3 aromatic carbocycles. The minimum absolute atomic E-state index is 0.165. The number of carboxylic acid groups (broad SMARTS) is 1. The van der Waals surface area contributed by atoms with Crippen LogP contribution in [0.15, 0.2) is 78.9 Å². The molecule has 0 saturated carbocycles. The van der Waals surface area contributed by atoms with Crippen molar-refractivity contribution in [1.29, 1.82) is 0 Å². The molecule has 0 aromatic heterocycles. The number of hydrogen-bond donors (Lipinski definition) is 2. The van der Waals surface area contributed by atoms with E-state index >= 15 is 0 Å². The first-order valence-corrected chi connectivity index (χ1v) is 14.9. The van der Waals surface area contributed by atoms with Crippen molar-refractivity contribution < 1.29 is 19.8 Å². The van der Waals surface area contributed by atoms with E-state index in [-0.39, 0.29) is 23.7 Å². The summed E-state index contributed by atoms with van der Waals surface area (Å²) in [6, 6.07) is 25.4. The van der Waals surface area contributed by atoms with E-state index in [1.807, 2.05) is 36.4 Å². The Morgan fingerprint density at radius 3 is 2.27 bits per heavy atom. The lowest BCUT2D eigenvalue weighted by molar-refractivity contribution is -0.141. The van der Waals surface area contributed by atoms with Gasteiger partial charge in [0.15, 0.2) is 0 Å². The van der Waals surface area contributed by atoms with Gasteiger partial charge in [-0.1, -0.05) is 68.4 Å². The van der Waals surface area contributed by atoms with Gasteiger partial charge in [0.25, 0.3) is 5.91 Å². The highest BCUT2D eigenvalue weighted by atomic mass is 16.4. The number of likely N-dealkylation sites (tertiary alicyclic amines) is 1. The molecule has 2 aliphatic rings. The zero-order valence-corrected chi connectivity index (χ0v) is 24.0. The quantitative estimate of drug-likeness (QED) is 0.360. The molecule has 1 unspecified atom stereocenters. The Labute approximate surface area is 243 Å². The third kappa shape index (κ3) is 6.31. The molecule has 0 spiro atoms. The van der Waals surface area contributed by atoms with Crippen LogP contribution in [0, 0.1) is 0 Å². The number of carbonyl (C=O) groups is 2. The monoisotopic (exact) mass is 555 g/mol. The summed E-state index contributed by atoms with van der Waals surface area (Å²) in [5.74, 6) is -0.976. The molecule has 0 radical (unpaired) electrons. The lowest BCUT2D eigenvalue weighted by Crippen LogP contribution is -2.58. The fourth-order valence-corrected chi connectivity index (χ4v) is 6.66. The van der Waals surface area contributed by atoms with Crippen LogP contribution in [-0.4, -0.2) is 74.5 Å². The Morgan fingerprint density at radius 2 is 1.59 bits per heavy atom. The van der Waals surface area contributed by atoms with Crippen LogP contribution in [0.2, 0.25) is 0 Å². The number of rotatable bonds is 9. The van der Waals surface area contributed by atoms with Gasteiger partial charge in [-0.2, -0.15) is 0 Å². The summed E-state index contributed by atoms with van der Waals surface area (Å²) in [4.78, 5) is 32.0. The highest BCUT2D eigenvalue weighted by Crippen LogP contribution is 2.37. The van der Waals surface area contributed by atoms with Gasteiger partial charge >= 0.3 is 5.97 Å². The van der Waals surface area contributed by atoms with E-state index in [4.69, 9.17) is 0 Å². The second-order valence-electron chi connectivity index (χ2n) is 11.4. The first-order chi connectivity index (χ1) is 19.9. The number of aliphatic carboxylic acids is 1. The molecule has 2 heterocycles. The molecule has 41 heavy (non-hydrogen) atoms. The molecule has 7 nitrogen and oxygen atoms in total. The van der Waals surface area contributed by atoms with Gasteiger partial charge in [-0.05, 0) is 66.6 Å². The molecule has 2 aliphatic heterocycles. The van der Waals surface area contributed by atoms with Gasteiger partial charge in [0, 0.05) is 43.8 Å². The van der Waals surface area contributed by atoms with Crippen molar-refractivity contribution in [1.82, 2.24) is 14.7 Å². The molecule has 3 aromatic rings. The Kier molecular flexibility index (Phi) is 9.06. The van der Waals surface area contributed by atoms with E-state index < -0.39 is 12.0 Å². The lowest BCUT2D eigenvalue weighted by Gasteiger charge is -2.49. The molecule has 0 bridgehead atoms. The zero-order valence-electron chi connectivity index (χ0n) is 24.0. The number of aromatic hydroxyl groups is 1. The maximum atomic E-state index is 13.5. The van der Waals surface area contributed by atoms with Crippen molar-refractivity contribution in [2.24, 2.45) is 0 Å². The maximum absolute atomic E-state index is 13.5. The molecular formula is C34H41N3O4. The number of carbonyl (C=O) groups excluding carboxylic acids is 1. The Hall–Kier alpha value is -3.68. The van der Waals surface area contributed by atoms with Gasteiger partial charge in [-0.25, -0.2) is 4.79 Å². The topological polar surface area (TPSA) is 84.3 Å². The van der Waals surface area contributed by atoms with Crippen LogP contribution in [0.25, 0.3) is 0 Å². The van der Waals surface area contributed by atoms with E-state index in [0.717, 1.165) is 43.6 Å². The molecule has 5 rings (SSSR count). The van der Waals surface area contributed by atoms with E-state index in [1.54, 1.807) is 12.1 Å². The lowest BCUT2D eigenvalue weighted by atomic mass is 9.90. The first-order valence-electron chi connectivity index (χ1n) is 14.9. The van der Waals surface area contributed by atoms with Crippen LogP contribution in [0.1, 0.15) is 72.6 Å². The zero-order chi connectivity index (χ0) is 28.9. The van der Waals surface area contributed by atoms with Crippen molar-refractivity contribution in [2.45, 2.75) is 70.2 Å². The van der Waals surface area contributed by atoms with Crippen LogP contribution in [0.3, 0.4) is 0 Å². The number of benzene rings is 3. The number of phenolic OH excluding ortho intramolecular Hbond substituents is 1. The highest BCUT2D eigenvalue weighted by Gasteiger charge is 2.38. The molecule has 1 amide bonds. The summed E-state index contributed by atoms with van der Waals surface area (Å²) < 4.78 is 0. The average Bonchev–Trinajstić information content (AvgIpc) is 3.49. The summed E-state index contributed by atoms with van der Waals surface area (Å²) in [5, 5.41) is 20.1. The summed E-state index contributed by atoms with van der Waals surface area (Å²) in [5.41, 5.74) is 3.76. The van der Waals surface area contributed by atoms with Crippen LogP contribution >= 0.6 is 0 Å². The summed E-state index contributed by atoms with van der Waals surface area (Å²) in [6.45, 7) is 7.61. The van der Waals surface area contributed by atoms with Gasteiger partial charge in [0.05, 0.1) is 6.04 Å². The van der Waals surface area contributed by atoms with E-state index in [9.17, 15) is 19.8 Å². The average molecular weight is 556 g/mol. The van der Waals surface area contributed by atoms with E-state index in [1.165, 1.54) is 10.5 Å². The summed E-state index contributed by atoms with van der Waals surface area (Å²) in [7, 11) is 0. The van der Waals surface area contributed by atoms with Gasteiger partial charge in [0.2, 0.25) is 0 Å². The van der Waals surface area contributed by atoms with Crippen molar-refractivity contribution in [3.05, 3.63) is 101 Å². The van der Waals surface area contributed by atoms with Crippen LogP contribution in [0.5, 0.6) is 5.75 Å². The summed E-state index contributed by atoms with van der Waals surface area (Å²) >= 11 is 0. The Morgan fingerprint density at radius 1 is 0.878 bits per heavy atom. The fourth-order valence-electron chi connectivity index (χ4n) is 6.66. The normalized spacial score (nSPS) is 22.5. The van der Waals surface area contributed by atoms with E-state index in [2.05, 4.69) is 54.0 Å². The Bertz CT molecular complexity index is 1350. The van der Waals surface area contributed by atoms with Crippen LogP contribution in [-0.2, 0) is 11.3 Å². The predicted octanol–water partition coefficient (Wildman–Crippen LogP) is 5.55. The smallest absolute Gasteiger partial charge is 0.326 e. The molecule has 4 atom stereocenters. The fraction of sp³-hybridized carbons (Fsp3) is 0.412. The largest absolute Gasteiger partial charge is 0.508 e. The highest BCUT2D eigenvalue weighted by molar-refractivity contribution is 5.97. The minimum Gasteiger partial charge on any atom is -0.508 e. The number of hydrogen-bond acceptors (Lipinski definition) is 5. The van der Waals surface area contributed by atoms with Crippen molar-refractivity contribution in [2.75, 3.05) is 19.6 Å². The number of nitrogens with zero attached hydrogens (tertiary/aromatic N) is 3. The summed E-state index contributed by atoms with van der Waals surface area (Å²) in [6.07, 6.45) is 3.15. The molecular weight excluding hydrogens is 514 g/mol. The molecule has 0 aliphatic carbocycles. The SMILES string of the molecule is CC[C@@H]1CN([C@@H](c2cccc(O)c2)c2cccc(C(=O)N3CCCC3C(=O)O)c2)[C@@H](CC)CN1Cc1ccccc1. The minimum atomic E-state index is -0.950. The second-order valence-corrected chi connectivity index (χ2v) is 11.4. The number of amides is 1. The first kappa shape index (κ1) is 28.8. The molecule has 2 fully saturated rings. The van der Waals surface area contributed by atoms with Crippen molar-refractivity contribution in [3.8, 4) is 5.75 Å². The number of phenols is 1. The standard InChI is InChI=1S/C34H41N3O4/c1-3-28-23-37(29(4-2)22-35(28)21-24-11-6-5-7-12-24)32(26-14-9-16-30(38)20-26)25-13-8-15-27(19-25)33(39)36-18-10-17-31(36)34(40)41/h5-9,11-16,19-20,28-29,31-32,38H,3-4,10,17-18,21-23H2,1-2H3,(H,40,41)/t28-,29+,31?,32-/m1/s1. The molecule has 2 N–H and O–H groups in total. The third-order valence-corrected chi connectivity index (χ3v) is 8.79. The number of carboxylic acids is 1. The van der Waals surface area contributed by atoms with Crippen LogP contribution in [0.4, 0.5) is 0 Å². The van der Waals surface area contributed by atoms with Crippen LogP contribution < -0.4 is 0 Å². The van der Waals surface area contributed by atoms with Gasteiger partial charge in [-0.3, -0.25) is 14.6 Å². The van der Waals surface area contributed by atoms with Gasteiger partial charge in [0.1, 0.15) is 11.8 Å². The van der Waals surface area contributed by atoms with E-state index in [0.29, 0.717) is 31.0 Å². The molecule has 216 valence electrons. The van der Waals surface area contributed by atoms with Crippen molar-refractivity contribution >= 4 is 11.9 Å². The van der Waals surface area contributed by atoms with Crippen molar-refractivity contribution in [3.63, 3.8) is 0 Å². The maximum Gasteiger partial charge on any atom is 0.326 e. The van der Waals surface area contributed by atoms with Gasteiger partial charge < -0.3 is 15.1 Å². The number of piperazine rings is 1. The van der Waals surface area contributed by atoms with Gasteiger partial charge in [-0.15, -0.1) is 0 Å². The molecule has 7 heteroatoms. The third-order valence-electron chi connectivity index (χ3n) is 8.79. The molecule has 2 saturated heterocycles. The second kappa shape index (κ2) is 12.9. The predicted molar refractivity (Wildman–Crippen MR) is 160 cm³/mol.